The summed E-state index contributed by atoms with van der Waals surface area (Å²) in [5.74, 6) is -0.00557. The molecular formula is C30H23F3O3S. The Kier molecular flexibility index (Phi) is 8.36. The normalized spacial score (nSPS) is 11.8. The molecule has 0 aliphatic carbocycles. The Labute approximate surface area is 217 Å². The van der Waals surface area contributed by atoms with Gasteiger partial charge in [-0.25, -0.2) is 4.79 Å². The van der Waals surface area contributed by atoms with Gasteiger partial charge in [-0.15, -0.1) is 11.8 Å². The van der Waals surface area contributed by atoms with Crippen LogP contribution in [0, 0.1) is 0 Å². The number of alkyl halides is 3. The lowest BCUT2D eigenvalue weighted by molar-refractivity contribution is -0.139. The van der Waals surface area contributed by atoms with E-state index in [0.29, 0.717) is 17.1 Å². The molecule has 7 heteroatoms. The van der Waals surface area contributed by atoms with E-state index >= 15 is 0 Å². The summed E-state index contributed by atoms with van der Waals surface area (Å²) in [7, 11) is 0. The molecule has 0 aliphatic rings. The fourth-order valence-corrected chi connectivity index (χ4v) is 4.48. The van der Waals surface area contributed by atoms with Crippen LogP contribution >= 0.6 is 11.8 Å². The highest BCUT2D eigenvalue weighted by molar-refractivity contribution is 7.99. The smallest absolute Gasteiger partial charge is 0.416 e. The van der Waals surface area contributed by atoms with Crippen molar-refractivity contribution >= 4 is 23.3 Å². The van der Waals surface area contributed by atoms with Crippen LogP contribution in [0.2, 0.25) is 0 Å². The van der Waals surface area contributed by atoms with Crippen LogP contribution in [0.4, 0.5) is 13.2 Å². The van der Waals surface area contributed by atoms with Gasteiger partial charge in [0.25, 0.3) is 0 Å². The van der Waals surface area contributed by atoms with Crippen LogP contribution in [0.5, 0.6) is 5.75 Å². The predicted octanol–water partition coefficient (Wildman–Crippen LogP) is 8.06. The van der Waals surface area contributed by atoms with E-state index in [2.05, 4.69) is 0 Å². The van der Waals surface area contributed by atoms with Gasteiger partial charge < -0.3 is 9.84 Å². The van der Waals surface area contributed by atoms with Crippen molar-refractivity contribution in [2.75, 3.05) is 12.4 Å². The number of carbonyl (C=O) groups is 1. The average molecular weight is 521 g/mol. The molecule has 0 heterocycles. The van der Waals surface area contributed by atoms with Gasteiger partial charge in [0.1, 0.15) is 5.75 Å². The Balaban J connectivity index is 1.56. The van der Waals surface area contributed by atoms with Crippen LogP contribution in [0.1, 0.15) is 16.7 Å². The van der Waals surface area contributed by atoms with Crippen molar-refractivity contribution in [3.63, 3.8) is 0 Å². The van der Waals surface area contributed by atoms with Gasteiger partial charge in [-0.2, -0.15) is 13.2 Å². The topological polar surface area (TPSA) is 46.5 Å². The Morgan fingerprint density at radius 3 is 1.92 bits per heavy atom. The molecule has 188 valence electrons. The average Bonchev–Trinajstić information content (AvgIpc) is 2.91. The van der Waals surface area contributed by atoms with Crippen LogP contribution in [0.15, 0.2) is 114 Å². The van der Waals surface area contributed by atoms with E-state index in [-0.39, 0.29) is 0 Å². The molecule has 0 radical (unpaired) electrons. The number of hydrogen-bond donors (Lipinski definition) is 1. The van der Waals surface area contributed by atoms with Crippen molar-refractivity contribution in [1.82, 2.24) is 0 Å². The van der Waals surface area contributed by atoms with Gasteiger partial charge in [-0.1, -0.05) is 72.8 Å². The third-order valence-electron chi connectivity index (χ3n) is 5.55. The van der Waals surface area contributed by atoms with Crippen LogP contribution < -0.4 is 4.74 Å². The van der Waals surface area contributed by atoms with Crippen molar-refractivity contribution in [3.05, 3.63) is 126 Å². The molecule has 3 nitrogen and oxygen atoms in total. The molecule has 1 N–H and O–H groups in total. The second-order valence-corrected chi connectivity index (χ2v) is 9.19. The van der Waals surface area contributed by atoms with Crippen molar-refractivity contribution < 1.29 is 27.8 Å². The zero-order valence-electron chi connectivity index (χ0n) is 19.6. The first-order valence-corrected chi connectivity index (χ1v) is 12.4. The van der Waals surface area contributed by atoms with Gasteiger partial charge in [-0.3, -0.25) is 0 Å². The summed E-state index contributed by atoms with van der Waals surface area (Å²) in [6.07, 6.45) is -2.39. The molecule has 0 fully saturated rings. The van der Waals surface area contributed by atoms with E-state index < -0.39 is 24.3 Å². The van der Waals surface area contributed by atoms with E-state index in [0.717, 1.165) is 39.3 Å². The lowest BCUT2D eigenvalue weighted by Crippen LogP contribution is -2.09. The number of carboxylic acids is 1. The Bertz CT molecular complexity index is 1350. The van der Waals surface area contributed by atoms with Gasteiger partial charge in [0.15, 0.2) is 6.61 Å². The molecule has 4 aromatic carbocycles. The van der Waals surface area contributed by atoms with E-state index in [1.165, 1.54) is 12.1 Å². The standard InChI is InChI=1S/C30H23F3O3S/c31-30(32,33)25-12-10-24(11-13-25)28(23-8-6-22(7-9-23)21-4-2-1-3-5-21)18-19-37-27-16-14-26(15-17-27)36-20-29(34)35/h1-18H,19-20H2,(H,34,35)/b28-18+. The lowest BCUT2D eigenvalue weighted by Gasteiger charge is -2.12. The molecular weight excluding hydrogens is 497 g/mol. The maximum Gasteiger partial charge on any atom is 0.416 e. The van der Waals surface area contributed by atoms with Crippen molar-refractivity contribution in [2.45, 2.75) is 11.1 Å². The molecule has 0 spiro atoms. The molecule has 0 amide bonds. The fraction of sp³-hybridized carbons (Fsp3) is 0.100. The molecule has 0 aromatic heterocycles. The third-order valence-corrected chi connectivity index (χ3v) is 6.49. The number of carboxylic acid groups (broad SMARTS) is 1. The molecule has 0 unspecified atom stereocenters. The van der Waals surface area contributed by atoms with Crippen molar-refractivity contribution in [2.24, 2.45) is 0 Å². The SMILES string of the molecule is O=C(O)COc1ccc(SC/C=C(\c2ccc(-c3ccccc3)cc2)c2ccc(C(F)(F)F)cc2)cc1. The Morgan fingerprint density at radius 1 is 0.784 bits per heavy atom. The minimum absolute atomic E-state index is 0.408. The number of hydrogen-bond acceptors (Lipinski definition) is 3. The number of halogens is 3. The summed E-state index contributed by atoms with van der Waals surface area (Å²) in [5, 5.41) is 8.72. The summed E-state index contributed by atoms with van der Waals surface area (Å²) in [4.78, 5) is 11.6. The monoisotopic (exact) mass is 520 g/mol. The molecule has 0 atom stereocenters. The van der Waals surface area contributed by atoms with Crippen molar-refractivity contribution in [3.8, 4) is 16.9 Å². The van der Waals surface area contributed by atoms with Gasteiger partial charge in [0, 0.05) is 10.6 Å². The van der Waals surface area contributed by atoms with E-state index in [1.807, 2.05) is 72.8 Å². The minimum Gasteiger partial charge on any atom is -0.482 e. The Morgan fingerprint density at radius 2 is 1.35 bits per heavy atom. The first-order chi connectivity index (χ1) is 17.8. The summed E-state index contributed by atoms with van der Waals surface area (Å²) in [6.45, 7) is -0.408. The first-order valence-electron chi connectivity index (χ1n) is 11.4. The molecule has 4 rings (SSSR count). The summed E-state index contributed by atoms with van der Waals surface area (Å²) in [5.41, 5.74) is 3.88. The van der Waals surface area contributed by atoms with Crippen LogP contribution in [-0.4, -0.2) is 23.4 Å². The quantitative estimate of drug-likeness (QED) is 0.227. The van der Waals surface area contributed by atoms with Gasteiger partial charge >= 0.3 is 12.1 Å². The molecule has 4 aromatic rings. The molecule has 0 saturated heterocycles. The minimum atomic E-state index is -4.39. The number of rotatable bonds is 9. The van der Waals surface area contributed by atoms with Crippen LogP contribution in [-0.2, 0) is 11.0 Å². The number of ether oxygens (including phenoxy) is 1. The highest BCUT2D eigenvalue weighted by atomic mass is 32.2. The predicted molar refractivity (Wildman–Crippen MR) is 141 cm³/mol. The van der Waals surface area contributed by atoms with Gasteiger partial charge in [0.2, 0.25) is 0 Å². The van der Waals surface area contributed by atoms with E-state index in [4.69, 9.17) is 9.84 Å². The van der Waals surface area contributed by atoms with E-state index in [1.54, 1.807) is 23.9 Å². The molecule has 0 saturated carbocycles. The maximum atomic E-state index is 13.1. The molecule has 37 heavy (non-hydrogen) atoms. The summed E-state index contributed by atoms with van der Waals surface area (Å²) < 4.78 is 44.5. The second kappa shape index (κ2) is 11.8. The number of thioether (sulfide) groups is 1. The van der Waals surface area contributed by atoms with Crippen LogP contribution in [0.25, 0.3) is 16.7 Å². The summed E-state index contributed by atoms with van der Waals surface area (Å²) in [6, 6.07) is 30.2. The Hall–Kier alpha value is -3.97. The van der Waals surface area contributed by atoms with E-state index in [9.17, 15) is 18.0 Å². The van der Waals surface area contributed by atoms with Gasteiger partial charge in [0.05, 0.1) is 5.56 Å². The fourth-order valence-electron chi connectivity index (χ4n) is 3.71. The lowest BCUT2D eigenvalue weighted by atomic mass is 9.95. The van der Waals surface area contributed by atoms with Crippen molar-refractivity contribution in [1.29, 1.82) is 0 Å². The first kappa shape index (κ1) is 26.1. The zero-order valence-corrected chi connectivity index (χ0v) is 20.4. The summed E-state index contributed by atoms with van der Waals surface area (Å²) >= 11 is 1.55. The molecule has 0 bridgehead atoms. The zero-order chi connectivity index (χ0) is 26.3. The molecule has 0 aliphatic heterocycles. The largest absolute Gasteiger partial charge is 0.482 e. The number of benzene rings is 4. The van der Waals surface area contributed by atoms with Crippen LogP contribution in [0.3, 0.4) is 0 Å². The number of aliphatic carboxylic acids is 1. The second-order valence-electron chi connectivity index (χ2n) is 8.10. The maximum absolute atomic E-state index is 13.1. The highest BCUT2D eigenvalue weighted by Gasteiger charge is 2.30. The highest BCUT2D eigenvalue weighted by Crippen LogP contribution is 2.33. The third kappa shape index (κ3) is 7.27. The van der Waals surface area contributed by atoms with Gasteiger partial charge in [-0.05, 0) is 64.2 Å².